The number of phenols is 1. The summed E-state index contributed by atoms with van der Waals surface area (Å²) in [5.41, 5.74) is 2.05. The first-order chi connectivity index (χ1) is 9.27. The lowest BCUT2D eigenvalue weighted by atomic mass is 9.93. The largest absolute Gasteiger partial charge is 0.506 e. The van der Waals surface area contributed by atoms with Gasteiger partial charge in [-0.15, -0.1) is 11.3 Å². The maximum absolute atomic E-state index is 10.1. The van der Waals surface area contributed by atoms with Gasteiger partial charge in [0.25, 0.3) is 0 Å². The molecule has 2 aromatic rings. The lowest BCUT2D eigenvalue weighted by Crippen LogP contribution is -2.11. The Labute approximate surface area is 150 Å². The molecule has 108 valence electrons. The fourth-order valence-electron chi connectivity index (χ4n) is 1.62. The Morgan fingerprint density at radius 2 is 2.00 bits per heavy atom. The summed E-state index contributed by atoms with van der Waals surface area (Å²) < 4.78 is 2.00. The fourth-order valence-corrected chi connectivity index (χ4v) is 4.53. The van der Waals surface area contributed by atoms with Crippen molar-refractivity contribution in [3.63, 3.8) is 0 Å². The zero-order valence-corrected chi connectivity index (χ0v) is 16.6. The Morgan fingerprint density at radius 1 is 1.30 bits per heavy atom. The van der Waals surface area contributed by atoms with E-state index in [9.17, 15) is 5.11 Å². The minimum absolute atomic E-state index is 0.0655. The van der Waals surface area contributed by atoms with Crippen molar-refractivity contribution in [2.24, 2.45) is 0 Å². The zero-order valence-electron chi connectivity index (χ0n) is 11.5. The molecule has 0 radical (unpaired) electrons. The number of phenolic OH excluding ortho intramolecular Hbond substituents is 1. The molecule has 0 aliphatic carbocycles. The van der Waals surface area contributed by atoms with Crippen LogP contribution in [0, 0.1) is 7.14 Å². The highest BCUT2D eigenvalue weighted by Gasteiger charge is 2.17. The van der Waals surface area contributed by atoms with E-state index in [2.05, 4.69) is 81.6 Å². The van der Waals surface area contributed by atoms with Gasteiger partial charge in [0.15, 0.2) is 5.13 Å². The van der Waals surface area contributed by atoms with E-state index in [-0.39, 0.29) is 5.41 Å². The van der Waals surface area contributed by atoms with Gasteiger partial charge in [0.1, 0.15) is 5.75 Å². The Balaban J connectivity index is 2.11. The molecule has 2 rings (SSSR count). The van der Waals surface area contributed by atoms with E-state index in [0.29, 0.717) is 12.3 Å². The Hall–Kier alpha value is -0.0900. The normalized spacial score (nSPS) is 11.7. The summed E-state index contributed by atoms with van der Waals surface area (Å²) in [5.74, 6) is 0.353. The zero-order chi connectivity index (χ0) is 14.9. The Kier molecular flexibility index (Phi) is 5.17. The molecule has 0 aliphatic rings. The number of benzene rings is 1. The second-order valence-electron chi connectivity index (χ2n) is 5.54. The summed E-state index contributed by atoms with van der Waals surface area (Å²) in [5, 5.41) is 16.3. The minimum Gasteiger partial charge on any atom is -0.506 e. The van der Waals surface area contributed by atoms with Gasteiger partial charge < -0.3 is 10.4 Å². The van der Waals surface area contributed by atoms with Gasteiger partial charge in [-0.2, -0.15) is 0 Å². The van der Waals surface area contributed by atoms with Crippen LogP contribution in [0.2, 0.25) is 0 Å². The summed E-state index contributed by atoms with van der Waals surface area (Å²) in [6.07, 6.45) is 0. The van der Waals surface area contributed by atoms with E-state index in [4.69, 9.17) is 0 Å². The van der Waals surface area contributed by atoms with Crippen LogP contribution in [-0.4, -0.2) is 10.1 Å². The highest BCUT2D eigenvalue weighted by Crippen LogP contribution is 2.29. The molecule has 1 aromatic heterocycles. The average Bonchev–Trinajstić information content (AvgIpc) is 2.80. The topological polar surface area (TPSA) is 45.1 Å². The molecule has 0 saturated carbocycles. The number of aromatic nitrogens is 1. The van der Waals surface area contributed by atoms with E-state index in [0.717, 1.165) is 23.5 Å². The monoisotopic (exact) mass is 514 g/mol. The summed E-state index contributed by atoms with van der Waals surface area (Å²) >= 11 is 6.01. The SMILES string of the molecule is CC(C)(C)c1csc(NCc2cc(I)cc(I)c2O)n1. The van der Waals surface area contributed by atoms with Crippen molar-refractivity contribution in [3.8, 4) is 5.75 Å². The summed E-state index contributed by atoms with van der Waals surface area (Å²) in [4.78, 5) is 4.59. The van der Waals surface area contributed by atoms with E-state index in [1.54, 1.807) is 11.3 Å². The number of thiazole rings is 1. The smallest absolute Gasteiger partial charge is 0.183 e. The van der Waals surface area contributed by atoms with Gasteiger partial charge in [0, 0.05) is 26.5 Å². The van der Waals surface area contributed by atoms with E-state index in [1.807, 2.05) is 12.1 Å². The number of aromatic hydroxyl groups is 1. The molecule has 20 heavy (non-hydrogen) atoms. The van der Waals surface area contributed by atoms with Crippen LogP contribution in [0.5, 0.6) is 5.75 Å². The number of nitrogens with zero attached hydrogens (tertiary/aromatic N) is 1. The number of rotatable bonds is 3. The molecular weight excluding hydrogens is 498 g/mol. The second-order valence-corrected chi connectivity index (χ2v) is 8.80. The van der Waals surface area contributed by atoms with E-state index < -0.39 is 0 Å². The number of nitrogens with one attached hydrogen (secondary N) is 1. The van der Waals surface area contributed by atoms with Gasteiger partial charge >= 0.3 is 0 Å². The lowest BCUT2D eigenvalue weighted by Gasteiger charge is -2.14. The van der Waals surface area contributed by atoms with Crippen LogP contribution in [0.4, 0.5) is 5.13 Å². The second kappa shape index (κ2) is 6.35. The lowest BCUT2D eigenvalue weighted by molar-refractivity contribution is 0.465. The number of anilines is 1. The summed E-state index contributed by atoms with van der Waals surface area (Å²) in [7, 11) is 0. The maximum Gasteiger partial charge on any atom is 0.183 e. The number of halogens is 2. The number of hydrogen-bond acceptors (Lipinski definition) is 4. The van der Waals surface area contributed by atoms with Crippen LogP contribution in [0.3, 0.4) is 0 Å². The first-order valence-corrected chi connectivity index (χ1v) is 9.18. The third kappa shape index (κ3) is 3.97. The van der Waals surface area contributed by atoms with Crippen LogP contribution in [0.15, 0.2) is 17.5 Å². The molecule has 1 aromatic carbocycles. The van der Waals surface area contributed by atoms with Crippen molar-refractivity contribution in [1.29, 1.82) is 0 Å². The van der Waals surface area contributed by atoms with E-state index in [1.165, 1.54) is 0 Å². The van der Waals surface area contributed by atoms with Crippen molar-refractivity contribution in [2.75, 3.05) is 5.32 Å². The van der Waals surface area contributed by atoms with Crippen LogP contribution in [-0.2, 0) is 12.0 Å². The van der Waals surface area contributed by atoms with Gasteiger partial charge in [-0.3, -0.25) is 0 Å². The van der Waals surface area contributed by atoms with Gasteiger partial charge in [0.2, 0.25) is 0 Å². The summed E-state index contributed by atoms with van der Waals surface area (Å²) in [6.45, 7) is 7.04. The van der Waals surface area contributed by atoms with Crippen LogP contribution < -0.4 is 5.32 Å². The third-order valence-electron chi connectivity index (χ3n) is 2.81. The Bertz CT molecular complexity index is 620. The van der Waals surface area contributed by atoms with Crippen LogP contribution in [0.1, 0.15) is 32.0 Å². The van der Waals surface area contributed by atoms with Crippen LogP contribution in [0.25, 0.3) is 0 Å². The number of hydrogen-bond donors (Lipinski definition) is 2. The first-order valence-electron chi connectivity index (χ1n) is 6.14. The molecule has 0 saturated heterocycles. The van der Waals surface area contributed by atoms with Gasteiger partial charge in [-0.05, 0) is 57.3 Å². The Morgan fingerprint density at radius 3 is 2.60 bits per heavy atom. The highest BCUT2D eigenvalue weighted by atomic mass is 127. The molecule has 0 aliphatic heterocycles. The quantitative estimate of drug-likeness (QED) is 0.570. The maximum atomic E-state index is 10.1. The molecule has 0 amide bonds. The molecule has 0 spiro atoms. The first kappa shape index (κ1) is 16.3. The van der Waals surface area contributed by atoms with Crippen molar-refractivity contribution in [2.45, 2.75) is 32.7 Å². The molecule has 0 unspecified atom stereocenters. The molecule has 0 atom stereocenters. The standard InChI is InChI=1S/C14H16I2N2OS/c1-14(2,3)11-7-20-13(18-11)17-6-8-4-9(15)5-10(16)12(8)19/h4-5,7,19H,6H2,1-3H3,(H,17,18). The molecule has 0 bridgehead atoms. The van der Waals surface area contributed by atoms with Gasteiger partial charge in [-0.1, -0.05) is 20.8 Å². The summed E-state index contributed by atoms with van der Waals surface area (Å²) in [6, 6.07) is 3.95. The van der Waals surface area contributed by atoms with Gasteiger partial charge in [0.05, 0.1) is 9.26 Å². The molecule has 1 heterocycles. The molecule has 0 fully saturated rings. The molecular formula is C14H16I2N2OS. The fraction of sp³-hybridized carbons (Fsp3) is 0.357. The van der Waals surface area contributed by atoms with Gasteiger partial charge in [-0.25, -0.2) is 4.98 Å². The van der Waals surface area contributed by atoms with Crippen molar-refractivity contribution in [1.82, 2.24) is 4.98 Å². The third-order valence-corrected chi connectivity index (χ3v) is 5.05. The van der Waals surface area contributed by atoms with E-state index >= 15 is 0 Å². The molecule has 6 heteroatoms. The molecule has 2 N–H and O–H groups in total. The molecule has 3 nitrogen and oxygen atoms in total. The highest BCUT2D eigenvalue weighted by molar-refractivity contribution is 14.1. The van der Waals surface area contributed by atoms with Crippen molar-refractivity contribution >= 4 is 61.7 Å². The van der Waals surface area contributed by atoms with Crippen molar-refractivity contribution < 1.29 is 5.11 Å². The van der Waals surface area contributed by atoms with Crippen LogP contribution >= 0.6 is 56.5 Å². The predicted octanol–water partition coefficient (Wildman–Crippen LogP) is 4.97. The average molecular weight is 514 g/mol. The minimum atomic E-state index is 0.0655. The van der Waals surface area contributed by atoms with Crippen molar-refractivity contribution in [3.05, 3.63) is 35.9 Å². The predicted molar refractivity (Wildman–Crippen MR) is 102 cm³/mol.